The molecule has 36 heavy (non-hydrogen) atoms. The van der Waals surface area contributed by atoms with Crippen LogP contribution in [-0.2, 0) is 23.9 Å². The van der Waals surface area contributed by atoms with Crippen LogP contribution in [0.3, 0.4) is 0 Å². The van der Waals surface area contributed by atoms with Crippen molar-refractivity contribution in [1.29, 1.82) is 0 Å². The first-order valence-electron chi connectivity index (χ1n) is 13.3. The molecule has 4 rings (SSSR count). The number of halogens is 1. The van der Waals surface area contributed by atoms with Gasteiger partial charge in [0.2, 0.25) is 11.8 Å². The van der Waals surface area contributed by atoms with Crippen LogP contribution in [-0.4, -0.2) is 87.1 Å². The van der Waals surface area contributed by atoms with Crippen molar-refractivity contribution < 1.29 is 29.0 Å². The van der Waals surface area contributed by atoms with E-state index in [-0.39, 0.29) is 35.9 Å². The Morgan fingerprint density at radius 3 is 2.64 bits per heavy atom. The van der Waals surface area contributed by atoms with Crippen LogP contribution < -0.4 is 0 Å². The van der Waals surface area contributed by atoms with E-state index in [9.17, 15) is 19.5 Å². The third kappa shape index (κ3) is 4.45. The molecule has 7 atom stereocenters. The van der Waals surface area contributed by atoms with Crippen molar-refractivity contribution in [2.75, 3.05) is 19.8 Å². The number of aliphatic hydroxyl groups is 1. The minimum Gasteiger partial charge on any atom is -0.465 e. The van der Waals surface area contributed by atoms with Gasteiger partial charge in [-0.15, -0.1) is 13.2 Å². The Kier molecular flexibility index (Phi) is 8.62. The van der Waals surface area contributed by atoms with E-state index in [1.54, 1.807) is 12.2 Å². The summed E-state index contributed by atoms with van der Waals surface area (Å²) in [6, 6.07) is -1.38. The van der Waals surface area contributed by atoms with Gasteiger partial charge in [0.25, 0.3) is 0 Å². The van der Waals surface area contributed by atoms with Gasteiger partial charge in [-0.3, -0.25) is 14.4 Å². The smallest absolute Gasteiger partial charge is 0.312 e. The number of carbonyl (C=O) groups is 3. The predicted molar refractivity (Wildman–Crippen MR) is 138 cm³/mol. The van der Waals surface area contributed by atoms with Crippen molar-refractivity contribution in [3.8, 4) is 0 Å². The number of likely N-dealkylation sites (tertiary alicyclic amines) is 1. The van der Waals surface area contributed by atoms with Crippen LogP contribution in [0.15, 0.2) is 25.3 Å². The second kappa shape index (κ2) is 11.4. The SMILES string of the molecule is C=CCCOC(=O)[C@H]1[C@@H]2OC3(CC2Br)C(C(=O)N(CC=C)C2CCCCC2)N([C@@H](CC)CO)C(=O)[C@H]13. The molecule has 0 aromatic rings. The molecule has 4 fully saturated rings. The Bertz CT molecular complexity index is 872. The highest BCUT2D eigenvalue weighted by molar-refractivity contribution is 9.09. The summed E-state index contributed by atoms with van der Waals surface area (Å²) in [5.41, 5.74) is -1.15. The van der Waals surface area contributed by atoms with E-state index < -0.39 is 41.6 Å². The zero-order valence-electron chi connectivity index (χ0n) is 21.1. The van der Waals surface area contributed by atoms with Crippen LogP contribution in [0.5, 0.6) is 0 Å². The van der Waals surface area contributed by atoms with E-state index in [0.29, 0.717) is 25.8 Å². The molecule has 0 aromatic carbocycles. The van der Waals surface area contributed by atoms with Crippen LogP contribution in [0.25, 0.3) is 0 Å². The summed E-state index contributed by atoms with van der Waals surface area (Å²) in [7, 11) is 0. The predicted octanol–water partition coefficient (Wildman–Crippen LogP) is 2.97. The van der Waals surface area contributed by atoms with Gasteiger partial charge in [-0.25, -0.2) is 0 Å². The zero-order chi connectivity index (χ0) is 26.0. The topological polar surface area (TPSA) is 96.4 Å². The molecule has 3 unspecified atom stereocenters. The fraction of sp³-hybridized carbons (Fsp3) is 0.741. The van der Waals surface area contributed by atoms with E-state index >= 15 is 0 Å². The highest BCUT2D eigenvalue weighted by atomic mass is 79.9. The van der Waals surface area contributed by atoms with Gasteiger partial charge >= 0.3 is 5.97 Å². The maximum Gasteiger partial charge on any atom is 0.312 e. The van der Waals surface area contributed by atoms with Crippen LogP contribution in [0.1, 0.15) is 58.3 Å². The molecule has 2 bridgehead atoms. The van der Waals surface area contributed by atoms with E-state index in [4.69, 9.17) is 9.47 Å². The maximum atomic E-state index is 14.4. The highest BCUT2D eigenvalue weighted by Gasteiger charge is 2.77. The number of hydrogen-bond acceptors (Lipinski definition) is 6. The fourth-order valence-corrected chi connectivity index (χ4v) is 7.81. The molecule has 3 saturated heterocycles. The quantitative estimate of drug-likeness (QED) is 0.179. The lowest BCUT2D eigenvalue weighted by atomic mass is 9.70. The van der Waals surface area contributed by atoms with Crippen molar-refractivity contribution >= 4 is 33.7 Å². The normalized spacial score (nSPS) is 34.4. The van der Waals surface area contributed by atoms with Gasteiger partial charge in [-0.05, 0) is 32.1 Å². The Balaban J connectivity index is 1.74. The van der Waals surface area contributed by atoms with Gasteiger partial charge in [-0.2, -0.15) is 0 Å². The average molecular weight is 568 g/mol. The maximum absolute atomic E-state index is 14.4. The molecular formula is C27H39BrN2O6. The Labute approximate surface area is 222 Å². The molecular weight excluding hydrogens is 528 g/mol. The Morgan fingerprint density at radius 2 is 2.03 bits per heavy atom. The summed E-state index contributed by atoms with van der Waals surface area (Å²) < 4.78 is 12.0. The first-order chi connectivity index (χ1) is 17.4. The summed E-state index contributed by atoms with van der Waals surface area (Å²) in [4.78, 5) is 44.9. The average Bonchev–Trinajstić information content (AvgIpc) is 3.47. The number of ether oxygens (including phenoxy) is 2. The van der Waals surface area contributed by atoms with E-state index in [1.165, 1.54) is 4.90 Å². The molecule has 4 aliphatic rings. The third-order valence-corrected chi connectivity index (χ3v) is 9.34. The number of aliphatic hydroxyl groups excluding tert-OH is 1. The Hall–Kier alpha value is -1.71. The van der Waals surface area contributed by atoms with E-state index in [2.05, 4.69) is 29.1 Å². The summed E-state index contributed by atoms with van der Waals surface area (Å²) in [5.74, 6) is -2.58. The van der Waals surface area contributed by atoms with Crippen LogP contribution in [0.4, 0.5) is 0 Å². The highest BCUT2D eigenvalue weighted by Crippen LogP contribution is 2.61. The van der Waals surface area contributed by atoms with Crippen molar-refractivity contribution in [3.63, 3.8) is 0 Å². The van der Waals surface area contributed by atoms with Crippen LogP contribution in [0.2, 0.25) is 0 Å². The summed E-state index contributed by atoms with van der Waals surface area (Å²) in [5, 5.41) is 10.2. The molecule has 200 valence electrons. The van der Waals surface area contributed by atoms with Crippen molar-refractivity contribution in [3.05, 3.63) is 25.3 Å². The first-order valence-corrected chi connectivity index (χ1v) is 14.2. The third-order valence-electron chi connectivity index (χ3n) is 8.50. The number of hydrogen-bond donors (Lipinski definition) is 1. The van der Waals surface area contributed by atoms with Crippen LogP contribution in [0, 0.1) is 11.8 Å². The van der Waals surface area contributed by atoms with Gasteiger partial charge < -0.3 is 24.4 Å². The first kappa shape index (κ1) is 27.3. The fourth-order valence-electron chi connectivity index (χ4n) is 6.87. The number of carbonyl (C=O) groups excluding carboxylic acids is 3. The van der Waals surface area contributed by atoms with Crippen LogP contribution >= 0.6 is 15.9 Å². The Morgan fingerprint density at radius 1 is 1.31 bits per heavy atom. The largest absolute Gasteiger partial charge is 0.465 e. The number of rotatable bonds is 11. The minimum atomic E-state index is -1.15. The molecule has 1 aliphatic carbocycles. The molecule has 8 nitrogen and oxygen atoms in total. The second-order valence-corrected chi connectivity index (χ2v) is 11.6. The monoisotopic (exact) mass is 566 g/mol. The molecule has 0 radical (unpaired) electrons. The second-order valence-electron chi connectivity index (χ2n) is 10.5. The van der Waals surface area contributed by atoms with Gasteiger partial charge in [-0.1, -0.05) is 54.3 Å². The molecule has 1 saturated carbocycles. The van der Waals surface area contributed by atoms with Gasteiger partial charge in [0.15, 0.2) is 0 Å². The molecule has 9 heteroatoms. The van der Waals surface area contributed by atoms with Gasteiger partial charge in [0, 0.05) is 17.4 Å². The van der Waals surface area contributed by atoms with E-state index in [0.717, 1.165) is 32.1 Å². The molecule has 1 spiro atoms. The lowest BCUT2D eigenvalue weighted by Crippen LogP contribution is -2.60. The molecule has 2 amide bonds. The van der Waals surface area contributed by atoms with Gasteiger partial charge in [0.1, 0.15) is 11.6 Å². The molecule has 1 N–H and O–H groups in total. The van der Waals surface area contributed by atoms with Gasteiger partial charge in [0.05, 0.1) is 37.2 Å². The number of nitrogens with zero attached hydrogens (tertiary/aromatic N) is 2. The lowest BCUT2D eigenvalue weighted by molar-refractivity contribution is -0.157. The number of amides is 2. The van der Waals surface area contributed by atoms with E-state index in [1.807, 2.05) is 11.8 Å². The summed E-state index contributed by atoms with van der Waals surface area (Å²) in [6.45, 7) is 9.72. The van der Waals surface area contributed by atoms with Crippen molar-refractivity contribution in [2.45, 2.75) is 92.9 Å². The minimum absolute atomic E-state index is 0.0730. The number of alkyl halides is 1. The molecule has 3 aliphatic heterocycles. The molecule has 0 aromatic heterocycles. The van der Waals surface area contributed by atoms with Crippen molar-refractivity contribution in [2.24, 2.45) is 11.8 Å². The zero-order valence-corrected chi connectivity index (χ0v) is 22.7. The standard InChI is InChI=1S/C27H39BrN2O6/c1-4-7-14-35-26(34)20-21-24(32)30(17(6-3)16-31)23(27(21)15-19(28)22(20)36-27)25(33)29(13-5-2)18-11-9-8-10-12-18/h4-5,17-23,31H,1-2,6-16H2,3H3/t17-,19?,20+,21-,22+,23?,27?/m0/s1. The number of fused-ring (bicyclic) bond motifs is 1. The summed E-state index contributed by atoms with van der Waals surface area (Å²) in [6.07, 6.45) is 9.37. The van der Waals surface area contributed by atoms with Crippen molar-refractivity contribution in [1.82, 2.24) is 9.80 Å². The summed E-state index contributed by atoms with van der Waals surface area (Å²) >= 11 is 3.68. The lowest BCUT2D eigenvalue weighted by Gasteiger charge is -2.42. The number of esters is 1. The molecule has 3 heterocycles.